The zero-order chi connectivity index (χ0) is 23.0. The molecule has 2 heterocycles. The molecule has 32 heavy (non-hydrogen) atoms. The first kappa shape index (κ1) is 21.6. The monoisotopic (exact) mass is 452 g/mol. The first-order valence-corrected chi connectivity index (χ1v) is 10.4. The third-order valence-electron chi connectivity index (χ3n) is 5.61. The number of piperazine rings is 1. The molecule has 1 atom stereocenters. The number of hydrogen-bond donors (Lipinski definition) is 2. The van der Waals surface area contributed by atoms with Gasteiger partial charge < -0.3 is 20.6 Å². The van der Waals surface area contributed by atoms with Crippen molar-refractivity contribution in [2.24, 2.45) is 5.73 Å². The standard InChI is InChI=1S/C23H21ClN4O4/c1-13-12-27(7-8-28(13)23(31)32)22(30)16-5-6-17-18(24)11-19(26-20(17)10-16)14-3-2-4-15(9-14)21(25)29/h2-6,9-11,13H,7-8,12H2,1H3,(H2,25,29)(H,31,32). The largest absolute Gasteiger partial charge is 0.465 e. The number of nitrogens with two attached hydrogens (primary N) is 1. The summed E-state index contributed by atoms with van der Waals surface area (Å²) in [4.78, 5) is 43.5. The van der Waals surface area contributed by atoms with Gasteiger partial charge in [-0.3, -0.25) is 9.59 Å². The summed E-state index contributed by atoms with van der Waals surface area (Å²) < 4.78 is 0. The molecular formula is C23H21ClN4O4. The quantitative estimate of drug-likeness (QED) is 0.631. The Morgan fingerprint density at radius 3 is 2.56 bits per heavy atom. The Morgan fingerprint density at radius 2 is 1.88 bits per heavy atom. The summed E-state index contributed by atoms with van der Waals surface area (Å²) in [5.74, 6) is -0.730. The second kappa shape index (κ2) is 8.47. The van der Waals surface area contributed by atoms with Crippen LogP contribution in [-0.2, 0) is 0 Å². The predicted octanol–water partition coefficient (Wildman–Crippen LogP) is 3.48. The van der Waals surface area contributed by atoms with E-state index in [1.54, 1.807) is 60.4 Å². The van der Waals surface area contributed by atoms with E-state index in [0.717, 1.165) is 0 Å². The van der Waals surface area contributed by atoms with Gasteiger partial charge in [-0.15, -0.1) is 0 Å². The Bertz CT molecular complexity index is 1250. The van der Waals surface area contributed by atoms with Crippen LogP contribution in [0, 0.1) is 0 Å². The van der Waals surface area contributed by atoms with Crippen LogP contribution >= 0.6 is 11.6 Å². The molecule has 0 saturated carbocycles. The predicted molar refractivity (Wildman–Crippen MR) is 121 cm³/mol. The second-order valence-electron chi connectivity index (χ2n) is 7.74. The molecule has 0 radical (unpaired) electrons. The summed E-state index contributed by atoms with van der Waals surface area (Å²) >= 11 is 6.47. The van der Waals surface area contributed by atoms with Crippen LogP contribution in [-0.4, -0.2) is 63.5 Å². The molecule has 9 heteroatoms. The molecule has 1 fully saturated rings. The highest BCUT2D eigenvalue weighted by Gasteiger charge is 2.30. The van der Waals surface area contributed by atoms with Crippen LogP contribution < -0.4 is 5.73 Å². The lowest BCUT2D eigenvalue weighted by Crippen LogP contribution is -2.55. The Morgan fingerprint density at radius 1 is 1.09 bits per heavy atom. The molecule has 0 aliphatic carbocycles. The van der Waals surface area contributed by atoms with Crippen molar-refractivity contribution in [3.8, 4) is 11.3 Å². The average Bonchev–Trinajstić information content (AvgIpc) is 2.77. The summed E-state index contributed by atoms with van der Waals surface area (Å²) in [5.41, 5.74) is 7.96. The van der Waals surface area contributed by atoms with Crippen LogP contribution in [0.1, 0.15) is 27.6 Å². The summed E-state index contributed by atoms with van der Waals surface area (Å²) in [7, 11) is 0. The highest BCUT2D eigenvalue weighted by atomic mass is 35.5. The number of primary amides is 1. The first-order valence-electron chi connectivity index (χ1n) is 10.0. The van der Waals surface area contributed by atoms with Gasteiger partial charge in [-0.25, -0.2) is 9.78 Å². The average molecular weight is 453 g/mol. The Hall–Kier alpha value is -3.65. The maximum Gasteiger partial charge on any atom is 0.407 e. The van der Waals surface area contributed by atoms with Gasteiger partial charge in [0, 0.05) is 47.8 Å². The topological polar surface area (TPSA) is 117 Å². The normalized spacial score (nSPS) is 16.2. The highest BCUT2D eigenvalue weighted by Crippen LogP contribution is 2.29. The van der Waals surface area contributed by atoms with Crippen LogP contribution in [0.2, 0.25) is 5.02 Å². The number of rotatable bonds is 3. The van der Waals surface area contributed by atoms with Crippen LogP contribution in [0.5, 0.6) is 0 Å². The van der Waals surface area contributed by atoms with Gasteiger partial charge in [0.1, 0.15) is 0 Å². The molecule has 1 aromatic heterocycles. The lowest BCUT2D eigenvalue weighted by molar-refractivity contribution is 0.0507. The Balaban J connectivity index is 1.66. The fourth-order valence-corrected chi connectivity index (χ4v) is 4.17. The number of halogens is 1. The molecule has 8 nitrogen and oxygen atoms in total. The third kappa shape index (κ3) is 4.09. The number of carboxylic acid groups (broad SMARTS) is 1. The van der Waals surface area contributed by atoms with E-state index in [-0.39, 0.29) is 18.5 Å². The van der Waals surface area contributed by atoms with Crippen molar-refractivity contribution in [1.82, 2.24) is 14.8 Å². The molecule has 3 N–H and O–H groups in total. The molecule has 1 aliphatic heterocycles. The van der Waals surface area contributed by atoms with Crippen molar-refractivity contribution in [1.29, 1.82) is 0 Å². The van der Waals surface area contributed by atoms with E-state index in [2.05, 4.69) is 4.98 Å². The van der Waals surface area contributed by atoms with E-state index in [1.165, 1.54) is 4.90 Å². The Kier molecular flexibility index (Phi) is 5.71. The minimum absolute atomic E-state index is 0.192. The number of nitrogens with zero attached hydrogens (tertiary/aromatic N) is 3. The SMILES string of the molecule is CC1CN(C(=O)c2ccc3c(Cl)cc(-c4cccc(C(N)=O)c4)nc3c2)CCN1C(=O)O. The van der Waals surface area contributed by atoms with E-state index in [9.17, 15) is 19.5 Å². The number of benzene rings is 2. The third-order valence-corrected chi connectivity index (χ3v) is 5.92. The first-order chi connectivity index (χ1) is 15.2. The fraction of sp³-hybridized carbons (Fsp3) is 0.217. The summed E-state index contributed by atoms with van der Waals surface area (Å²) in [6.07, 6.45) is -0.984. The number of amides is 3. The maximum absolute atomic E-state index is 13.1. The molecule has 0 bridgehead atoms. The van der Waals surface area contributed by atoms with Gasteiger partial charge >= 0.3 is 6.09 Å². The highest BCUT2D eigenvalue weighted by molar-refractivity contribution is 6.35. The van der Waals surface area contributed by atoms with Crippen LogP contribution in [0.3, 0.4) is 0 Å². The molecule has 164 valence electrons. The molecule has 4 rings (SSSR count). The van der Waals surface area contributed by atoms with E-state index < -0.39 is 12.0 Å². The molecule has 1 unspecified atom stereocenters. The van der Waals surface area contributed by atoms with E-state index in [4.69, 9.17) is 17.3 Å². The molecule has 0 spiro atoms. The number of pyridine rings is 1. The molecule has 3 amide bonds. The van der Waals surface area contributed by atoms with Crippen LogP contribution in [0.25, 0.3) is 22.2 Å². The van der Waals surface area contributed by atoms with E-state index in [0.29, 0.717) is 51.4 Å². The lowest BCUT2D eigenvalue weighted by Gasteiger charge is -2.38. The summed E-state index contributed by atoms with van der Waals surface area (Å²) in [6.45, 7) is 2.68. The smallest absolute Gasteiger partial charge is 0.407 e. The van der Waals surface area contributed by atoms with Crippen molar-refractivity contribution in [3.63, 3.8) is 0 Å². The fourth-order valence-electron chi connectivity index (χ4n) is 3.91. The van der Waals surface area contributed by atoms with Crippen molar-refractivity contribution >= 4 is 40.4 Å². The lowest BCUT2D eigenvalue weighted by atomic mass is 10.0. The van der Waals surface area contributed by atoms with Gasteiger partial charge in [0.2, 0.25) is 5.91 Å². The number of hydrogen-bond acceptors (Lipinski definition) is 4. The second-order valence-corrected chi connectivity index (χ2v) is 8.15. The van der Waals surface area contributed by atoms with Gasteiger partial charge in [0.05, 0.1) is 16.2 Å². The number of carbonyl (C=O) groups excluding carboxylic acids is 2. The number of aromatic nitrogens is 1. The molecule has 1 saturated heterocycles. The minimum Gasteiger partial charge on any atom is -0.465 e. The van der Waals surface area contributed by atoms with Gasteiger partial charge in [-0.05, 0) is 37.3 Å². The van der Waals surface area contributed by atoms with Gasteiger partial charge in [-0.1, -0.05) is 29.8 Å². The summed E-state index contributed by atoms with van der Waals surface area (Å²) in [6, 6.07) is 13.3. The molecule has 2 aromatic carbocycles. The number of fused-ring (bicyclic) bond motifs is 1. The van der Waals surface area contributed by atoms with Crippen molar-refractivity contribution in [3.05, 3.63) is 64.7 Å². The van der Waals surface area contributed by atoms with E-state index >= 15 is 0 Å². The maximum atomic E-state index is 13.1. The Labute approximate surface area is 189 Å². The van der Waals surface area contributed by atoms with Crippen LogP contribution in [0.4, 0.5) is 4.79 Å². The molecular weight excluding hydrogens is 432 g/mol. The minimum atomic E-state index is -0.984. The summed E-state index contributed by atoms with van der Waals surface area (Å²) in [5, 5.41) is 10.4. The van der Waals surface area contributed by atoms with Gasteiger partial charge in [-0.2, -0.15) is 0 Å². The molecule has 1 aliphatic rings. The zero-order valence-corrected chi connectivity index (χ0v) is 18.0. The van der Waals surface area contributed by atoms with E-state index in [1.807, 2.05) is 0 Å². The van der Waals surface area contributed by atoms with Crippen molar-refractivity contribution in [2.75, 3.05) is 19.6 Å². The van der Waals surface area contributed by atoms with Crippen LogP contribution in [0.15, 0.2) is 48.5 Å². The van der Waals surface area contributed by atoms with Crippen molar-refractivity contribution < 1.29 is 19.5 Å². The molecule has 3 aromatic rings. The zero-order valence-electron chi connectivity index (χ0n) is 17.3. The van der Waals surface area contributed by atoms with Gasteiger partial charge in [0.25, 0.3) is 5.91 Å². The van der Waals surface area contributed by atoms with Gasteiger partial charge in [0.15, 0.2) is 0 Å². The van der Waals surface area contributed by atoms with Crippen molar-refractivity contribution in [2.45, 2.75) is 13.0 Å². The number of carbonyl (C=O) groups is 3.